The van der Waals surface area contributed by atoms with E-state index in [1.54, 1.807) is 12.1 Å². The smallest absolute Gasteiger partial charge is 0.353 e. The number of anilines is 3. The van der Waals surface area contributed by atoms with Gasteiger partial charge < -0.3 is 15.0 Å². The van der Waals surface area contributed by atoms with E-state index in [1.807, 2.05) is 30.9 Å². The number of nitrogens with one attached hydrogen (secondary N) is 1. The summed E-state index contributed by atoms with van der Waals surface area (Å²) in [7, 11) is 1.54. The summed E-state index contributed by atoms with van der Waals surface area (Å²) in [4.78, 5) is 21.0. The van der Waals surface area contributed by atoms with Gasteiger partial charge in [0.05, 0.1) is 17.7 Å². The van der Waals surface area contributed by atoms with Crippen molar-refractivity contribution in [2.45, 2.75) is 13.8 Å². The minimum absolute atomic E-state index is 0.136. The fraction of sp³-hybridized carbons (Fsp3) is 0.333. The summed E-state index contributed by atoms with van der Waals surface area (Å²) < 4.78 is 5.25. The predicted molar refractivity (Wildman–Crippen MR) is 88.5 cm³/mol. The molecule has 0 unspecified atom stereocenters. The lowest BCUT2D eigenvalue weighted by Crippen LogP contribution is -2.24. The third-order valence-electron chi connectivity index (χ3n) is 3.41. The molecular weight excluding hydrogens is 298 g/mol. The Balaban J connectivity index is 2.50. The van der Waals surface area contributed by atoms with Gasteiger partial charge in [0.25, 0.3) is 0 Å². The summed E-state index contributed by atoms with van der Waals surface area (Å²) in [5.41, 5.74) is 0.449. The Morgan fingerprint density at radius 3 is 2.57 bits per heavy atom. The van der Waals surface area contributed by atoms with Gasteiger partial charge >= 0.3 is 5.69 Å². The van der Waals surface area contributed by atoms with E-state index in [0.29, 0.717) is 30.3 Å². The molecular formula is C15H19N5O3. The average Bonchev–Trinajstić information content (AvgIpc) is 2.56. The Morgan fingerprint density at radius 2 is 1.96 bits per heavy atom. The van der Waals surface area contributed by atoms with Crippen molar-refractivity contribution in [2.75, 3.05) is 30.4 Å². The molecule has 1 aromatic carbocycles. The molecule has 0 aliphatic rings. The summed E-state index contributed by atoms with van der Waals surface area (Å²) >= 11 is 0. The van der Waals surface area contributed by atoms with E-state index in [4.69, 9.17) is 4.74 Å². The summed E-state index contributed by atoms with van der Waals surface area (Å²) in [5.74, 6) is 1.01. The van der Waals surface area contributed by atoms with Crippen molar-refractivity contribution in [3.05, 3.63) is 40.7 Å². The second-order valence-electron chi connectivity index (χ2n) is 4.65. The first-order valence-corrected chi connectivity index (χ1v) is 7.26. The van der Waals surface area contributed by atoms with E-state index in [1.165, 1.54) is 13.4 Å². The van der Waals surface area contributed by atoms with Crippen molar-refractivity contribution in [1.82, 2.24) is 9.97 Å². The first-order chi connectivity index (χ1) is 11.1. The van der Waals surface area contributed by atoms with Crippen molar-refractivity contribution in [2.24, 2.45) is 0 Å². The van der Waals surface area contributed by atoms with Gasteiger partial charge in [-0.3, -0.25) is 10.1 Å². The number of hydrogen-bond acceptors (Lipinski definition) is 7. The van der Waals surface area contributed by atoms with Gasteiger partial charge in [-0.2, -0.15) is 0 Å². The maximum Gasteiger partial charge on any atom is 0.353 e. The molecule has 1 N–H and O–H groups in total. The van der Waals surface area contributed by atoms with Crippen LogP contribution in [0.5, 0.6) is 5.75 Å². The number of nitro groups is 1. The fourth-order valence-electron chi connectivity index (χ4n) is 2.26. The Labute approximate surface area is 134 Å². The number of methoxy groups -OCH3 is 1. The predicted octanol–water partition coefficient (Wildman–Crippen LogP) is 2.98. The minimum Gasteiger partial charge on any atom is -0.495 e. The number of nitrogens with zero attached hydrogens (tertiary/aromatic N) is 4. The Hall–Kier alpha value is -2.90. The highest BCUT2D eigenvalue weighted by atomic mass is 16.6. The van der Waals surface area contributed by atoms with Gasteiger partial charge in [0.2, 0.25) is 11.6 Å². The molecule has 0 saturated heterocycles. The maximum atomic E-state index is 11.6. The molecule has 0 saturated carbocycles. The number of aromatic nitrogens is 2. The van der Waals surface area contributed by atoms with Crippen LogP contribution in [0.4, 0.5) is 23.0 Å². The SMILES string of the molecule is CCN(CC)c1ncnc(Nc2ccccc2OC)c1[N+](=O)[O-]. The first kappa shape index (κ1) is 16.5. The van der Waals surface area contributed by atoms with E-state index in [9.17, 15) is 10.1 Å². The fourth-order valence-corrected chi connectivity index (χ4v) is 2.26. The standard InChI is InChI=1S/C15H19N5O3/c1-4-19(5-2)15-13(20(21)22)14(16-10-17-15)18-11-8-6-7-9-12(11)23-3/h6-10H,4-5H2,1-3H3,(H,16,17,18). The normalized spacial score (nSPS) is 10.2. The zero-order valence-corrected chi connectivity index (χ0v) is 13.3. The quantitative estimate of drug-likeness (QED) is 0.619. The van der Waals surface area contributed by atoms with Crippen molar-refractivity contribution < 1.29 is 9.66 Å². The zero-order chi connectivity index (χ0) is 16.8. The van der Waals surface area contributed by atoms with Gasteiger partial charge in [-0.25, -0.2) is 9.97 Å². The van der Waals surface area contributed by atoms with Crippen LogP contribution >= 0.6 is 0 Å². The molecule has 1 heterocycles. The van der Waals surface area contributed by atoms with Crippen molar-refractivity contribution in [1.29, 1.82) is 0 Å². The molecule has 0 atom stereocenters. The summed E-state index contributed by atoms with van der Waals surface area (Å²) in [6.45, 7) is 5.07. The highest BCUT2D eigenvalue weighted by Crippen LogP contribution is 2.35. The molecule has 2 rings (SSSR count). The molecule has 8 heteroatoms. The highest BCUT2D eigenvalue weighted by Gasteiger charge is 2.26. The molecule has 122 valence electrons. The second kappa shape index (κ2) is 7.39. The lowest BCUT2D eigenvalue weighted by Gasteiger charge is -2.20. The average molecular weight is 317 g/mol. The van der Waals surface area contributed by atoms with Crippen LogP contribution in [-0.2, 0) is 0 Å². The van der Waals surface area contributed by atoms with Crippen LogP contribution in [0.3, 0.4) is 0 Å². The van der Waals surface area contributed by atoms with Crippen molar-refractivity contribution >= 4 is 23.0 Å². The molecule has 0 aliphatic carbocycles. The number of ether oxygens (including phenoxy) is 1. The monoisotopic (exact) mass is 317 g/mol. The van der Waals surface area contributed by atoms with Crippen LogP contribution < -0.4 is 15.0 Å². The lowest BCUT2D eigenvalue weighted by atomic mass is 10.3. The number of benzene rings is 1. The van der Waals surface area contributed by atoms with Crippen LogP contribution in [0.1, 0.15) is 13.8 Å². The topological polar surface area (TPSA) is 93.4 Å². The Bertz CT molecular complexity index is 689. The van der Waals surface area contributed by atoms with Gasteiger partial charge in [-0.1, -0.05) is 12.1 Å². The van der Waals surface area contributed by atoms with Crippen LogP contribution in [-0.4, -0.2) is 35.1 Å². The van der Waals surface area contributed by atoms with E-state index < -0.39 is 4.92 Å². The molecule has 0 aliphatic heterocycles. The number of hydrogen-bond donors (Lipinski definition) is 1. The van der Waals surface area contributed by atoms with E-state index in [-0.39, 0.29) is 11.5 Å². The van der Waals surface area contributed by atoms with Crippen molar-refractivity contribution in [3.63, 3.8) is 0 Å². The summed E-state index contributed by atoms with van der Waals surface area (Å²) in [6, 6.07) is 7.16. The molecule has 0 spiro atoms. The molecule has 0 bridgehead atoms. The largest absolute Gasteiger partial charge is 0.495 e. The van der Waals surface area contributed by atoms with Crippen LogP contribution in [0, 0.1) is 10.1 Å². The van der Waals surface area contributed by atoms with Gasteiger partial charge in [0.1, 0.15) is 12.1 Å². The third-order valence-corrected chi connectivity index (χ3v) is 3.41. The maximum absolute atomic E-state index is 11.6. The van der Waals surface area contributed by atoms with Gasteiger partial charge in [0.15, 0.2) is 0 Å². The van der Waals surface area contributed by atoms with E-state index in [0.717, 1.165) is 0 Å². The number of rotatable bonds is 7. The van der Waals surface area contributed by atoms with Gasteiger partial charge in [-0.15, -0.1) is 0 Å². The minimum atomic E-state index is -0.467. The highest BCUT2D eigenvalue weighted by molar-refractivity contribution is 5.76. The molecule has 23 heavy (non-hydrogen) atoms. The van der Waals surface area contributed by atoms with Crippen LogP contribution in [0.2, 0.25) is 0 Å². The first-order valence-electron chi connectivity index (χ1n) is 7.26. The van der Waals surface area contributed by atoms with Crippen LogP contribution in [0.15, 0.2) is 30.6 Å². The lowest BCUT2D eigenvalue weighted by molar-refractivity contribution is -0.383. The Kier molecular flexibility index (Phi) is 5.29. The zero-order valence-electron chi connectivity index (χ0n) is 13.3. The molecule has 0 radical (unpaired) electrons. The number of para-hydroxylation sites is 2. The second-order valence-corrected chi connectivity index (χ2v) is 4.65. The molecule has 0 fully saturated rings. The molecule has 0 amide bonds. The third kappa shape index (κ3) is 3.47. The van der Waals surface area contributed by atoms with Gasteiger partial charge in [0, 0.05) is 13.1 Å². The van der Waals surface area contributed by atoms with Crippen LogP contribution in [0.25, 0.3) is 0 Å². The summed E-state index contributed by atoms with van der Waals surface area (Å²) in [5, 5.41) is 14.5. The molecule has 8 nitrogen and oxygen atoms in total. The molecule has 1 aromatic heterocycles. The summed E-state index contributed by atoms with van der Waals surface area (Å²) in [6.07, 6.45) is 1.32. The van der Waals surface area contributed by atoms with Crippen molar-refractivity contribution in [3.8, 4) is 5.75 Å². The Morgan fingerprint density at radius 1 is 1.26 bits per heavy atom. The van der Waals surface area contributed by atoms with E-state index >= 15 is 0 Å². The van der Waals surface area contributed by atoms with Gasteiger partial charge in [-0.05, 0) is 26.0 Å². The van der Waals surface area contributed by atoms with E-state index in [2.05, 4.69) is 15.3 Å². The molecule has 2 aromatic rings.